The van der Waals surface area contributed by atoms with Gasteiger partial charge in [-0.05, 0) is 48.5 Å². The van der Waals surface area contributed by atoms with Crippen LogP contribution in [-0.4, -0.2) is 32.8 Å². The molecule has 0 fully saturated rings. The maximum atomic E-state index is 12.4. The van der Waals surface area contributed by atoms with Gasteiger partial charge >= 0.3 is 0 Å². The van der Waals surface area contributed by atoms with Crippen LogP contribution in [0.2, 0.25) is 0 Å². The molecule has 0 atom stereocenters. The third-order valence-corrected chi connectivity index (χ3v) is 3.64. The number of rotatable bonds is 10. The summed E-state index contributed by atoms with van der Waals surface area (Å²) in [6, 6.07) is 15.0. The van der Waals surface area contributed by atoms with Crippen molar-refractivity contribution in [1.82, 2.24) is 5.32 Å². The van der Waals surface area contributed by atoms with Crippen LogP contribution in [-0.2, 0) is 11.3 Å². The van der Waals surface area contributed by atoms with Gasteiger partial charge in [-0.1, -0.05) is 19.1 Å². The van der Waals surface area contributed by atoms with Crippen molar-refractivity contribution < 1.29 is 14.3 Å². The molecule has 0 bridgehead atoms. The number of hydrogen-bond donors (Lipinski definition) is 2. The van der Waals surface area contributed by atoms with Crippen molar-refractivity contribution in [2.75, 3.05) is 32.2 Å². The second-order valence-corrected chi connectivity index (χ2v) is 5.65. The predicted molar refractivity (Wildman–Crippen MR) is 107 cm³/mol. The lowest BCUT2D eigenvalue weighted by Crippen LogP contribution is -2.14. The van der Waals surface area contributed by atoms with Crippen LogP contribution in [0.15, 0.2) is 48.5 Å². The lowest BCUT2D eigenvalue weighted by atomic mass is 10.1. The minimum atomic E-state index is -0.133. The summed E-state index contributed by atoms with van der Waals surface area (Å²) in [7, 11) is 1.67. The molecule has 0 saturated heterocycles. The second kappa shape index (κ2) is 12.3. The number of ether oxygens (including phenoxy) is 2. The van der Waals surface area contributed by atoms with Gasteiger partial charge in [0, 0.05) is 37.9 Å². The Morgan fingerprint density at radius 2 is 1.85 bits per heavy atom. The van der Waals surface area contributed by atoms with Gasteiger partial charge in [-0.3, -0.25) is 4.79 Å². The fraction of sp³-hybridized carbons (Fsp3) is 0.350. The van der Waals surface area contributed by atoms with Gasteiger partial charge in [-0.2, -0.15) is 0 Å². The molecule has 2 aromatic rings. The topological polar surface area (TPSA) is 59.6 Å². The van der Waals surface area contributed by atoms with E-state index in [1.165, 1.54) is 0 Å². The van der Waals surface area contributed by atoms with Gasteiger partial charge in [0.05, 0.1) is 6.61 Å². The number of anilines is 1. The van der Waals surface area contributed by atoms with Gasteiger partial charge in [0.25, 0.3) is 5.91 Å². The molecule has 0 heterocycles. The molecule has 1 amide bonds. The Morgan fingerprint density at radius 3 is 2.54 bits per heavy atom. The zero-order valence-electron chi connectivity index (χ0n) is 15.3. The SMILES string of the molecule is CCNCc1cccc(NC(=O)c2ccc(OCCCOC)cc2)c1.Cl. The molecule has 26 heavy (non-hydrogen) atoms. The Bertz CT molecular complexity index is 662. The summed E-state index contributed by atoms with van der Waals surface area (Å²) in [5.41, 5.74) is 2.53. The van der Waals surface area contributed by atoms with Crippen molar-refractivity contribution in [3.05, 3.63) is 59.7 Å². The van der Waals surface area contributed by atoms with E-state index in [0.717, 1.165) is 36.5 Å². The number of benzene rings is 2. The fourth-order valence-electron chi connectivity index (χ4n) is 2.33. The van der Waals surface area contributed by atoms with E-state index in [1.807, 2.05) is 36.4 Å². The Morgan fingerprint density at radius 1 is 1.08 bits per heavy atom. The van der Waals surface area contributed by atoms with Gasteiger partial charge in [0.15, 0.2) is 0 Å². The minimum absolute atomic E-state index is 0. The molecule has 142 valence electrons. The van der Waals surface area contributed by atoms with Crippen LogP contribution in [0.4, 0.5) is 5.69 Å². The molecule has 0 unspecified atom stereocenters. The van der Waals surface area contributed by atoms with Crippen LogP contribution < -0.4 is 15.4 Å². The predicted octanol–water partition coefficient (Wildman–Crippen LogP) is 3.89. The summed E-state index contributed by atoms with van der Waals surface area (Å²) in [4.78, 5) is 12.4. The van der Waals surface area contributed by atoms with Gasteiger partial charge in [0.2, 0.25) is 0 Å². The maximum Gasteiger partial charge on any atom is 0.255 e. The van der Waals surface area contributed by atoms with E-state index in [-0.39, 0.29) is 18.3 Å². The van der Waals surface area contributed by atoms with E-state index in [2.05, 4.69) is 17.6 Å². The van der Waals surface area contributed by atoms with E-state index in [1.54, 1.807) is 19.2 Å². The van der Waals surface area contributed by atoms with Crippen molar-refractivity contribution in [2.45, 2.75) is 19.9 Å². The first-order chi connectivity index (χ1) is 12.2. The third kappa shape index (κ3) is 7.44. The third-order valence-electron chi connectivity index (χ3n) is 3.64. The number of halogens is 1. The van der Waals surface area contributed by atoms with Crippen LogP contribution in [0.5, 0.6) is 5.75 Å². The molecule has 0 saturated carbocycles. The normalized spacial score (nSPS) is 10.1. The smallest absolute Gasteiger partial charge is 0.255 e. The highest BCUT2D eigenvalue weighted by Crippen LogP contribution is 2.15. The highest BCUT2D eigenvalue weighted by Gasteiger charge is 2.07. The van der Waals surface area contributed by atoms with E-state index in [4.69, 9.17) is 9.47 Å². The molecule has 0 radical (unpaired) electrons. The van der Waals surface area contributed by atoms with Gasteiger partial charge in [-0.15, -0.1) is 12.4 Å². The Balaban J connectivity index is 0.00000338. The van der Waals surface area contributed by atoms with Crippen LogP contribution in [0.3, 0.4) is 0 Å². The van der Waals surface area contributed by atoms with Gasteiger partial charge < -0.3 is 20.1 Å². The molecule has 2 rings (SSSR count). The van der Waals surface area contributed by atoms with Crippen LogP contribution in [0.25, 0.3) is 0 Å². The van der Waals surface area contributed by atoms with E-state index in [0.29, 0.717) is 18.8 Å². The molecule has 2 aromatic carbocycles. The van der Waals surface area contributed by atoms with Gasteiger partial charge in [0.1, 0.15) is 5.75 Å². The molecule has 0 aliphatic rings. The Hall–Kier alpha value is -2.08. The molecule has 2 N–H and O–H groups in total. The summed E-state index contributed by atoms with van der Waals surface area (Å²) in [6.07, 6.45) is 0.835. The zero-order valence-corrected chi connectivity index (χ0v) is 16.1. The Kier molecular flexibility index (Phi) is 10.4. The van der Waals surface area contributed by atoms with Crippen LogP contribution in [0, 0.1) is 0 Å². The number of nitrogens with one attached hydrogen (secondary N) is 2. The lowest BCUT2D eigenvalue weighted by Gasteiger charge is -2.09. The second-order valence-electron chi connectivity index (χ2n) is 5.65. The van der Waals surface area contributed by atoms with Crippen molar-refractivity contribution in [3.63, 3.8) is 0 Å². The fourth-order valence-corrected chi connectivity index (χ4v) is 2.33. The van der Waals surface area contributed by atoms with E-state index in [9.17, 15) is 4.79 Å². The molecular formula is C20H27ClN2O3. The molecular weight excluding hydrogens is 352 g/mol. The van der Waals surface area contributed by atoms with Crippen molar-refractivity contribution in [3.8, 4) is 5.75 Å². The average Bonchev–Trinajstić information content (AvgIpc) is 2.64. The summed E-state index contributed by atoms with van der Waals surface area (Å²) >= 11 is 0. The first-order valence-electron chi connectivity index (χ1n) is 8.55. The first kappa shape index (κ1) is 22.0. The number of hydrogen-bond acceptors (Lipinski definition) is 4. The largest absolute Gasteiger partial charge is 0.494 e. The van der Waals surface area contributed by atoms with Gasteiger partial charge in [-0.25, -0.2) is 0 Å². The van der Waals surface area contributed by atoms with E-state index < -0.39 is 0 Å². The molecule has 0 aliphatic carbocycles. The van der Waals surface area contributed by atoms with Crippen molar-refractivity contribution >= 4 is 24.0 Å². The first-order valence-corrected chi connectivity index (χ1v) is 8.55. The molecule has 0 aliphatic heterocycles. The highest BCUT2D eigenvalue weighted by atomic mass is 35.5. The molecule has 5 nitrogen and oxygen atoms in total. The molecule has 6 heteroatoms. The summed E-state index contributed by atoms with van der Waals surface area (Å²) in [5, 5.41) is 6.20. The lowest BCUT2D eigenvalue weighted by molar-refractivity contribution is 0.102. The van der Waals surface area contributed by atoms with Crippen molar-refractivity contribution in [2.24, 2.45) is 0 Å². The summed E-state index contributed by atoms with van der Waals surface area (Å²) in [5.74, 6) is 0.617. The summed E-state index contributed by atoms with van der Waals surface area (Å²) < 4.78 is 10.6. The Labute approximate surface area is 161 Å². The van der Waals surface area contributed by atoms with E-state index >= 15 is 0 Å². The number of methoxy groups -OCH3 is 1. The maximum absolute atomic E-state index is 12.4. The monoisotopic (exact) mass is 378 g/mol. The zero-order chi connectivity index (χ0) is 17.9. The van der Waals surface area contributed by atoms with Crippen LogP contribution >= 0.6 is 12.4 Å². The minimum Gasteiger partial charge on any atom is -0.494 e. The standard InChI is InChI=1S/C20H26N2O3.ClH/c1-3-21-15-16-6-4-7-18(14-16)22-20(23)17-8-10-19(11-9-17)25-13-5-12-24-2;/h4,6-11,14,21H,3,5,12-13,15H2,1-2H3,(H,22,23);1H. The van der Waals surface area contributed by atoms with Crippen LogP contribution in [0.1, 0.15) is 29.3 Å². The average molecular weight is 379 g/mol. The quantitative estimate of drug-likeness (QED) is 0.616. The number of carbonyl (C=O) groups excluding carboxylic acids is 1. The molecule has 0 spiro atoms. The number of carbonyl (C=O) groups is 1. The molecule has 0 aromatic heterocycles. The summed E-state index contributed by atoms with van der Waals surface area (Å²) in [6.45, 7) is 5.04. The highest BCUT2D eigenvalue weighted by molar-refractivity contribution is 6.04. The number of amides is 1. The van der Waals surface area contributed by atoms with Crippen molar-refractivity contribution in [1.29, 1.82) is 0 Å².